The Morgan fingerprint density at radius 3 is 2.63 bits per heavy atom. The van der Waals surface area contributed by atoms with Crippen molar-refractivity contribution in [3.63, 3.8) is 0 Å². The van der Waals surface area contributed by atoms with Crippen LogP contribution >= 0.6 is 11.8 Å². The summed E-state index contributed by atoms with van der Waals surface area (Å²) in [6, 6.07) is 4.66. The van der Waals surface area contributed by atoms with E-state index in [4.69, 9.17) is 10.6 Å². The molecule has 0 bridgehead atoms. The van der Waals surface area contributed by atoms with Gasteiger partial charge in [-0.05, 0) is 18.4 Å². The molecule has 2 aromatic rings. The second-order valence-corrected chi connectivity index (χ2v) is 4.17. The van der Waals surface area contributed by atoms with Gasteiger partial charge >= 0.3 is 0 Å². The molecule has 1 aromatic carbocycles. The van der Waals surface area contributed by atoms with Crippen molar-refractivity contribution in [2.75, 3.05) is 11.7 Å². The van der Waals surface area contributed by atoms with Crippen molar-refractivity contribution in [1.82, 2.24) is 9.97 Å². The monoisotopic (exact) mass is 284 g/mol. The van der Waals surface area contributed by atoms with Crippen molar-refractivity contribution < 1.29 is 13.5 Å². The van der Waals surface area contributed by atoms with E-state index in [2.05, 4.69) is 15.4 Å². The first kappa shape index (κ1) is 13.5. The van der Waals surface area contributed by atoms with Crippen molar-refractivity contribution in [2.45, 2.75) is 5.16 Å². The predicted octanol–water partition coefficient (Wildman–Crippen LogP) is 2.55. The molecule has 100 valence electrons. The maximum atomic E-state index is 13.0. The Kier molecular flexibility index (Phi) is 4.13. The fourth-order valence-electron chi connectivity index (χ4n) is 1.28. The first-order chi connectivity index (χ1) is 9.12. The summed E-state index contributed by atoms with van der Waals surface area (Å²) in [4.78, 5) is 8.11. The molecule has 0 spiro atoms. The smallest absolute Gasteiger partial charge is 0.225 e. The van der Waals surface area contributed by atoms with E-state index in [0.29, 0.717) is 11.0 Å². The van der Waals surface area contributed by atoms with Crippen LogP contribution < -0.4 is 16.0 Å². The summed E-state index contributed by atoms with van der Waals surface area (Å²) in [5.41, 5.74) is 2.37. The number of hydrogen-bond acceptors (Lipinski definition) is 6. The fraction of sp³-hybridized carbons (Fsp3) is 0.0909. The molecule has 3 N–H and O–H groups in total. The van der Waals surface area contributed by atoms with Gasteiger partial charge in [0.25, 0.3) is 0 Å². The standard InChI is InChI=1S/C11H10F2N4OS/c1-19-11-15-9(17-14)5-10(16-11)18-6-2-3-7(12)8(13)4-6/h2-5H,14H2,1H3,(H,15,16,17). The van der Waals surface area contributed by atoms with Gasteiger partial charge in [-0.3, -0.25) is 0 Å². The van der Waals surface area contributed by atoms with Gasteiger partial charge in [0.1, 0.15) is 11.6 Å². The Bertz CT molecular complexity index is 575. The zero-order valence-corrected chi connectivity index (χ0v) is 10.7. The number of anilines is 1. The van der Waals surface area contributed by atoms with E-state index < -0.39 is 11.6 Å². The maximum absolute atomic E-state index is 13.0. The molecule has 2 rings (SSSR count). The predicted molar refractivity (Wildman–Crippen MR) is 68.1 cm³/mol. The Balaban J connectivity index is 2.29. The van der Waals surface area contributed by atoms with E-state index in [-0.39, 0.29) is 11.6 Å². The summed E-state index contributed by atoms with van der Waals surface area (Å²) in [5, 5.41) is 0.438. The first-order valence-electron chi connectivity index (χ1n) is 5.15. The van der Waals surface area contributed by atoms with E-state index in [0.717, 1.165) is 12.1 Å². The quantitative estimate of drug-likeness (QED) is 0.389. The number of hydrogen-bond donors (Lipinski definition) is 2. The van der Waals surface area contributed by atoms with Gasteiger partial charge in [-0.2, -0.15) is 4.98 Å². The highest BCUT2D eigenvalue weighted by Crippen LogP contribution is 2.25. The molecule has 0 saturated heterocycles. The van der Waals surface area contributed by atoms with Crippen LogP contribution in [0.2, 0.25) is 0 Å². The highest BCUT2D eigenvalue weighted by atomic mass is 32.2. The number of aromatic nitrogens is 2. The number of thioether (sulfide) groups is 1. The summed E-state index contributed by atoms with van der Waals surface area (Å²) in [6.07, 6.45) is 1.79. The summed E-state index contributed by atoms with van der Waals surface area (Å²) >= 11 is 1.30. The van der Waals surface area contributed by atoms with E-state index >= 15 is 0 Å². The maximum Gasteiger partial charge on any atom is 0.225 e. The summed E-state index contributed by atoms with van der Waals surface area (Å²) in [7, 11) is 0. The molecule has 0 aliphatic rings. The minimum Gasteiger partial charge on any atom is -0.439 e. The molecule has 0 fully saturated rings. The van der Waals surface area contributed by atoms with Gasteiger partial charge in [-0.15, -0.1) is 0 Å². The molecule has 8 heteroatoms. The number of nitrogen functional groups attached to an aromatic ring is 1. The molecule has 0 radical (unpaired) electrons. The number of rotatable bonds is 4. The van der Waals surface area contributed by atoms with E-state index in [1.165, 1.54) is 23.9 Å². The lowest BCUT2D eigenvalue weighted by Gasteiger charge is -2.08. The Morgan fingerprint density at radius 2 is 2.00 bits per heavy atom. The van der Waals surface area contributed by atoms with Crippen molar-refractivity contribution in [3.8, 4) is 11.6 Å². The molecule has 0 amide bonds. The van der Waals surface area contributed by atoms with Crippen LogP contribution in [0, 0.1) is 11.6 Å². The normalized spacial score (nSPS) is 10.3. The molecule has 19 heavy (non-hydrogen) atoms. The van der Waals surface area contributed by atoms with Crippen LogP contribution in [0.4, 0.5) is 14.6 Å². The van der Waals surface area contributed by atoms with Gasteiger partial charge in [-0.1, -0.05) is 11.8 Å². The minimum absolute atomic E-state index is 0.132. The minimum atomic E-state index is -0.992. The van der Waals surface area contributed by atoms with E-state index in [1.807, 2.05) is 0 Å². The highest BCUT2D eigenvalue weighted by Gasteiger charge is 2.08. The van der Waals surface area contributed by atoms with Gasteiger partial charge in [0.15, 0.2) is 16.8 Å². The number of nitrogens with one attached hydrogen (secondary N) is 1. The molecule has 0 unspecified atom stereocenters. The second kappa shape index (κ2) is 5.81. The van der Waals surface area contributed by atoms with Crippen LogP contribution in [0.3, 0.4) is 0 Å². The molecular weight excluding hydrogens is 274 g/mol. The van der Waals surface area contributed by atoms with Gasteiger partial charge < -0.3 is 10.2 Å². The average Bonchev–Trinajstić information content (AvgIpc) is 2.42. The third kappa shape index (κ3) is 3.30. The first-order valence-corrected chi connectivity index (χ1v) is 6.37. The Labute approximate surface area is 112 Å². The lowest BCUT2D eigenvalue weighted by atomic mass is 10.3. The third-order valence-electron chi connectivity index (χ3n) is 2.13. The molecule has 1 heterocycles. The Morgan fingerprint density at radius 1 is 1.21 bits per heavy atom. The van der Waals surface area contributed by atoms with Gasteiger partial charge in [0, 0.05) is 12.1 Å². The zero-order chi connectivity index (χ0) is 13.8. The number of nitrogens with two attached hydrogens (primary N) is 1. The summed E-state index contributed by atoms with van der Waals surface area (Å²) in [6.45, 7) is 0. The Hall–Kier alpha value is -1.93. The fourth-order valence-corrected chi connectivity index (χ4v) is 1.65. The van der Waals surface area contributed by atoms with Gasteiger partial charge in [0.05, 0.1) is 0 Å². The van der Waals surface area contributed by atoms with Crippen LogP contribution in [-0.4, -0.2) is 16.2 Å². The van der Waals surface area contributed by atoms with Crippen molar-refractivity contribution in [1.29, 1.82) is 0 Å². The van der Waals surface area contributed by atoms with Crippen LogP contribution in [0.1, 0.15) is 0 Å². The van der Waals surface area contributed by atoms with E-state index in [1.54, 1.807) is 6.26 Å². The molecule has 1 aromatic heterocycles. The number of benzene rings is 1. The summed E-state index contributed by atoms with van der Waals surface area (Å²) in [5.74, 6) is 4.00. The lowest BCUT2D eigenvalue weighted by molar-refractivity contribution is 0.442. The van der Waals surface area contributed by atoms with E-state index in [9.17, 15) is 8.78 Å². The number of ether oxygens (including phenoxy) is 1. The second-order valence-electron chi connectivity index (χ2n) is 3.40. The van der Waals surface area contributed by atoms with Crippen LogP contribution in [0.5, 0.6) is 11.6 Å². The van der Waals surface area contributed by atoms with Gasteiger partial charge in [0.2, 0.25) is 5.88 Å². The number of halogens is 2. The van der Waals surface area contributed by atoms with Crippen molar-refractivity contribution in [2.24, 2.45) is 5.84 Å². The zero-order valence-electron chi connectivity index (χ0n) is 9.85. The molecule has 0 aliphatic heterocycles. The number of nitrogens with zero attached hydrogens (tertiary/aromatic N) is 2. The van der Waals surface area contributed by atoms with Crippen molar-refractivity contribution >= 4 is 17.6 Å². The molecule has 0 saturated carbocycles. The third-order valence-corrected chi connectivity index (χ3v) is 2.67. The van der Waals surface area contributed by atoms with Gasteiger partial charge in [-0.25, -0.2) is 19.6 Å². The van der Waals surface area contributed by atoms with Crippen LogP contribution in [0.15, 0.2) is 29.4 Å². The topological polar surface area (TPSA) is 73.1 Å². The largest absolute Gasteiger partial charge is 0.439 e. The molecular formula is C11H10F2N4OS. The highest BCUT2D eigenvalue weighted by molar-refractivity contribution is 7.98. The molecule has 0 atom stereocenters. The number of hydrazine groups is 1. The summed E-state index contributed by atoms with van der Waals surface area (Å²) < 4.78 is 31.2. The van der Waals surface area contributed by atoms with Crippen LogP contribution in [0.25, 0.3) is 0 Å². The molecule has 0 aliphatic carbocycles. The average molecular weight is 284 g/mol. The van der Waals surface area contributed by atoms with Crippen molar-refractivity contribution in [3.05, 3.63) is 35.9 Å². The molecule has 5 nitrogen and oxygen atoms in total. The lowest BCUT2D eigenvalue weighted by Crippen LogP contribution is -2.09. The SMILES string of the molecule is CSc1nc(NN)cc(Oc2ccc(F)c(F)c2)n1. The van der Waals surface area contributed by atoms with Crippen LogP contribution in [-0.2, 0) is 0 Å².